The second-order valence-electron chi connectivity index (χ2n) is 7.10. The Morgan fingerprint density at radius 3 is 2.66 bits per heavy atom. The number of nitrogens with zero attached hydrogens (tertiary/aromatic N) is 1. The molecule has 2 aromatic rings. The maximum atomic E-state index is 12.1. The fourth-order valence-corrected chi connectivity index (χ4v) is 3.07. The highest BCUT2D eigenvalue weighted by atomic mass is 16.5. The van der Waals surface area contributed by atoms with Crippen molar-refractivity contribution in [3.63, 3.8) is 0 Å². The van der Waals surface area contributed by atoms with Gasteiger partial charge in [-0.25, -0.2) is 9.59 Å². The van der Waals surface area contributed by atoms with Crippen LogP contribution in [-0.2, 0) is 20.8 Å². The summed E-state index contributed by atoms with van der Waals surface area (Å²) in [6.07, 6.45) is -0.299. The summed E-state index contributed by atoms with van der Waals surface area (Å²) in [6.45, 7) is 7.94. The first-order chi connectivity index (χ1) is 13.8. The van der Waals surface area contributed by atoms with Crippen LogP contribution in [0.5, 0.6) is 0 Å². The molecular formula is C21H28N2O6. The second kappa shape index (κ2) is 10.6. The lowest BCUT2D eigenvalue weighted by atomic mass is 10.1. The van der Waals surface area contributed by atoms with E-state index in [9.17, 15) is 14.4 Å². The van der Waals surface area contributed by atoms with Gasteiger partial charge in [-0.2, -0.15) is 0 Å². The van der Waals surface area contributed by atoms with Crippen LogP contribution in [0.25, 0.3) is 11.0 Å². The summed E-state index contributed by atoms with van der Waals surface area (Å²) in [6, 6.07) is 6.58. The third-order valence-electron chi connectivity index (χ3n) is 4.23. The minimum Gasteiger partial charge on any atom is -0.469 e. The maximum Gasteiger partial charge on any atom is 0.411 e. The summed E-state index contributed by atoms with van der Waals surface area (Å²) in [4.78, 5) is 37.3. The lowest BCUT2D eigenvalue weighted by Gasteiger charge is -2.24. The minimum atomic E-state index is -0.573. The van der Waals surface area contributed by atoms with Gasteiger partial charge in [-0.05, 0) is 30.5 Å². The highest BCUT2D eigenvalue weighted by Gasteiger charge is 2.15. The topological polar surface area (TPSA) is 98.1 Å². The van der Waals surface area contributed by atoms with E-state index in [0.29, 0.717) is 30.3 Å². The standard InChI is InChI=1S/C21H28N2O6/c1-5-28-21(26)22-16-6-7-17-15(10-20(25)29-18(17)11-16)13-23(12-14(2)3)9-8-19(24)27-4/h6-7,10-11,14H,5,8-9,12-13H2,1-4H3,(H,22,26). The van der Waals surface area contributed by atoms with Crippen molar-refractivity contribution in [3.8, 4) is 0 Å². The largest absolute Gasteiger partial charge is 0.469 e. The van der Waals surface area contributed by atoms with Gasteiger partial charge in [-0.3, -0.25) is 15.0 Å². The molecule has 0 aliphatic carbocycles. The molecule has 1 aromatic heterocycles. The van der Waals surface area contributed by atoms with Crippen molar-refractivity contribution in [1.29, 1.82) is 0 Å². The van der Waals surface area contributed by atoms with E-state index < -0.39 is 11.7 Å². The van der Waals surface area contributed by atoms with E-state index >= 15 is 0 Å². The monoisotopic (exact) mass is 404 g/mol. The smallest absolute Gasteiger partial charge is 0.411 e. The van der Waals surface area contributed by atoms with Crippen molar-refractivity contribution in [2.75, 3.05) is 32.1 Å². The fourth-order valence-electron chi connectivity index (χ4n) is 3.07. The quantitative estimate of drug-likeness (QED) is 0.505. The van der Waals surface area contributed by atoms with Gasteiger partial charge in [0.2, 0.25) is 0 Å². The van der Waals surface area contributed by atoms with Crippen molar-refractivity contribution in [1.82, 2.24) is 4.90 Å². The summed E-state index contributed by atoms with van der Waals surface area (Å²) in [5, 5.41) is 3.36. The van der Waals surface area contributed by atoms with Gasteiger partial charge in [0.25, 0.3) is 0 Å². The maximum absolute atomic E-state index is 12.1. The van der Waals surface area contributed by atoms with Crippen molar-refractivity contribution in [2.24, 2.45) is 5.92 Å². The van der Waals surface area contributed by atoms with Crippen LogP contribution in [0.2, 0.25) is 0 Å². The molecule has 0 fully saturated rings. The Labute approximate surface area is 169 Å². The van der Waals surface area contributed by atoms with Crippen LogP contribution < -0.4 is 10.9 Å². The predicted octanol–water partition coefficient (Wildman–Crippen LogP) is 3.38. The van der Waals surface area contributed by atoms with E-state index in [1.165, 1.54) is 13.2 Å². The molecule has 8 heteroatoms. The molecule has 0 atom stereocenters. The molecule has 1 aromatic carbocycles. The number of fused-ring (bicyclic) bond motifs is 1. The molecule has 0 saturated heterocycles. The van der Waals surface area contributed by atoms with E-state index in [1.807, 2.05) is 0 Å². The van der Waals surface area contributed by atoms with Crippen LogP contribution in [0.15, 0.2) is 33.5 Å². The molecule has 0 unspecified atom stereocenters. The van der Waals surface area contributed by atoms with Crippen molar-refractivity contribution >= 4 is 28.7 Å². The zero-order valence-electron chi connectivity index (χ0n) is 17.3. The number of carbonyl (C=O) groups is 2. The molecule has 29 heavy (non-hydrogen) atoms. The summed E-state index contributed by atoms with van der Waals surface area (Å²) < 4.78 is 14.9. The fraction of sp³-hybridized carbons (Fsp3) is 0.476. The van der Waals surface area contributed by atoms with Gasteiger partial charge in [0.15, 0.2) is 0 Å². The van der Waals surface area contributed by atoms with Crippen LogP contribution in [0.4, 0.5) is 10.5 Å². The van der Waals surface area contributed by atoms with Crippen LogP contribution in [0, 0.1) is 5.92 Å². The molecule has 0 spiro atoms. The Kier molecular flexibility index (Phi) is 8.21. The molecule has 0 aliphatic heterocycles. The Morgan fingerprint density at radius 1 is 1.24 bits per heavy atom. The number of nitrogens with one attached hydrogen (secondary N) is 1. The van der Waals surface area contributed by atoms with Crippen LogP contribution in [0.3, 0.4) is 0 Å². The number of hydrogen-bond donors (Lipinski definition) is 1. The van der Waals surface area contributed by atoms with Crippen molar-refractivity contribution in [2.45, 2.75) is 33.7 Å². The van der Waals surface area contributed by atoms with Crippen molar-refractivity contribution in [3.05, 3.63) is 40.2 Å². The van der Waals surface area contributed by atoms with E-state index in [4.69, 9.17) is 13.9 Å². The normalized spacial score (nSPS) is 11.1. The number of hydrogen-bond acceptors (Lipinski definition) is 7. The average Bonchev–Trinajstić information content (AvgIpc) is 2.65. The predicted molar refractivity (Wildman–Crippen MR) is 110 cm³/mol. The number of amides is 1. The molecule has 0 bridgehead atoms. The molecule has 0 saturated carbocycles. The SMILES string of the molecule is CCOC(=O)Nc1ccc2c(CN(CCC(=O)OC)CC(C)C)cc(=O)oc2c1. The van der Waals surface area contributed by atoms with Gasteiger partial charge in [0.05, 0.1) is 20.1 Å². The first kappa shape index (κ1) is 22.4. The Morgan fingerprint density at radius 2 is 2.00 bits per heavy atom. The number of rotatable bonds is 9. The number of esters is 1. The molecular weight excluding hydrogens is 376 g/mol. The highest BCUT2D eigenvalue weighted by Crippen LogP contribution is 2.23. The number of carbonyl (C=O) groups excluding carboxylic acids is 2. The minimum absolute atomic E-state index is 0.260. The second-order valence-corrected chi connectivity index (χ2v) is 7.10. The molecule has 8 nitrogen and oxygen atoms in total. The van der Waals surface area contributed by atoms with Gasteiger partial charge in [0, 0.05) is 42.8 Å². The summed E-state index contributed by atoms with van der Waals surface area (Å²) >= 11 is 0. The molecule has 158 valence electrons. The summed E-state index contributed by atoms with van der Waals surface area (Å²) in [5.41, 5.74) is 1.17. The molecule has 1 amide bonds. The van der Waals surface area contributed by atoms with Gasteiger partial charge in [-0.15, -0.1) is 0 Å². The Balaban J connectivity index is 2.28. The van der Waals surface area contributed by atoms with Gasteiger partial charge < -0.3 is 13.9 Å². The van der Waals surface area contributed by atoms with Crippen LogP contribution in [0.1, 0.15) is 32.8 Å². The number of methoxy groups -OCH3 is 1. The Hall–Kier alpha value is -2.87. The van der Waals surface area contributed by atoms with E-state index in [2.05, 4.69) is 24.1 Å². The zero-order valence-corrected chi connectivity index (χ0v) is 17.3. The van der Waals surface area contributed by atoms with Crippen LogP contribution >= 0.6 is 0 Å². The number of anilines is 1. The Bertz CT molecular complexity index is 906. The third-order valence-corrected chi connectivity index (χ3v) is 4.23. The van der Waals surface area contributed by atoms with E-state index in [-0.39, 0.29) is 19.0 Å². The van der Waals surface area contributed by atoms with E-state index in [1.54, 1.807) is 25.1 Å². The molecule has 0 radical (unpaired) electrons. The lowest BCUT2D eigenvalue weighted by molar-refractivity contribution is -0.141. The highest BCUT2D eigenvalue weighted by molar-refractivity contribution is 5.89. The molecule has 1 N–H and O–H groups in total. The molecule has 1 heterocycles. The van der Waals surface area contributed by atoms with Gasteiger partial charge in [-0.1, -0.05) is 13.8 Å². The first-order valence-electron chi connectivity index (χ1n) is 9.62. The third kappa shape index (κ3) is 6.90. The number of benzene rings is 1. The van der Waals surface area contributed by atoms with Gasteiger partial charge in [0.1, 0.15) is 5.58 Å². The molecule has 2 rings (SSSR count). The van der Waals surface area contributed by atoms with Crippen molar-refractivity contribution < 1.29 is 23.5 Å². The number of ether oxygens (including phenoxy) is 2. The first-order valence-corrected chi connectivity index (χ1v) is 9.62. The lowest BCUT2D eigenvalue weighted by Crippen LogP contribution is -2.30. The summed E-state index contributed by atoms with van der Waals surface area (Å²) in [7, 11) is 1.37. The zero-order chi connectivity index (χ0) is 21.4. The van der Waals surface area contributed by atoms with E-state index in [0.717, 1.165) is 17.5 Å². The molecule has 0 aliphatic rings. The van der Waals surface area contributed by atoms with Gasteiger partial charge >= 0.3 is 17.7 Å². The van der Waals surface area contributed by atoms with Crippen LogP contribution in [-0.4, -0.2) is 43.8 Å². The summed E-state index contributed by atoms with van der Waals surface area (Å²) in [5.74, 6) is 0.116. The average molecular weight is 404 g/mol.